The molecule has 1 rings (SSSR count). The van der Waals surface area contributed by atoms with Gasteiger partial charge >= 0.3 is 12.1 Å². The SMILES string of the molecule is NC(N)=NCCC[C@H](N)C(=O)OC(=O)N1CCCC1=O. The lowest BCUT2D eigenvalue weighted by Crippen LogP contribution is -2.39. The van der Waals surface area contributed by atoms with Crippen molar-refractivity contribution in [2.75, 3.05) is 13.1 Å². The number of imide groups is 1. The molecule has 1 aliphatic heterocycles. The monoisotopic (exact) mass is 285 g/mol. The fourth-order valence-electron chi connectivity index (χ4n) is 1.70. The highest BCUT2D eigenvalue weighted by Crippen LogP contribution is 2.11. The van der Waals surface area contributed by atoms with E-state index in [2.05, 4.69) is 9.73 Å². The number of carbonyl (C=O) groups excluding carboxylic acids is 3. The Hall–Kier alpha value is -2.16. The van der Waals surface area contributed by atoms with E-state index in [1.165, 1.54) is 0 Å². The predicted octanol–water partition coefficient (Wildman–Crippen LogP) is -1.35. The maximum absolute atomic E-state index is 11.6. The zero-order valence-electron chi connectivity index (χ0n) is 11.1. The first-order valence-corrected chi connectivity index (χ1v) is 6.29. The Balaban J connectivity index is 2.32. The van der Waals surface area contributed by atoms with Gasteiger partial charge in [-0.1, -0.05) is 0 Å². The minimum absolute atomic E-state index is 0.0381. The molecule has 0 saturated carbocycles. The number of rotatable bonds is 5. The molecule has 0 aliphatic carbocycles. The molecule has 0 radical (unpaired) electrons. The molecule has 1 aliphatic rings. The summed E-state index contributed by atoms with van der Waals surface area (Å²) in [4.78, 5) is 39.0. The van der Waals surface area contributed by atoms with Crippen LogP contribution in [-0.2, 0) is 14.3 Å². The summed E-state index contributed by atoms with van der Waals surface area (Å²) >= 11 is 0. The van der Waals surface area contributed by atoms with Gasteiger partial charge in [-0.25, -0.2) is 14.5 Å². The Morgan fingerprint density at radius 1 is 1.40 bits per heavy atom. The summed E-state index contributed by atoms with van der Waals surface area (Å²) in [7, 11) is 0. The number of carbonyl (C=O) groups is 3. The molecule has 0 unspecified atom stereocenters. The minimum atomic E-state index is -0.961. The molecule has 0 spiro atoms. The number of aliphatic imine (C=N–C) groups is 1. The summed E-state index contributed by atoms with van der Waals surface area (Å²) in [6.07, 6.45) is 0.653. The molecule has 1 fully saturated rings. The first-order valence-electron chi connectivity index (χ1n) is 6.29. The fourth-order valence-corrected chi connectivity index (χ4v) is 1.70. The van der Waals surface area contributed by atoms with E-state index in [-0.39, 0.29) is 31.3 Å². The second-order valence-electron chi connectivity index (χ2n) is 4.39. The molecule has 0 aromatic carbocycles. The van der Waals surface area contributed by atoms with Crippen molar-refractivity contribution in [2.45, 2.75) is 31.7 Å². The maximum Gasteiger partial charge on any atom is 0.424 e. The average Bonchev–Trinajstić information content (AvgIpc) is 2.80. The van der Waals surface area contributed by atoms with Crippen LogP contribution in [0.2, 0.25) is 0 Å². The van der Waals surface area contributed by atoms with Crippen molar-refractivity contribution in [3.8, 4) is 0 Å². The standard InChI is InChI=1S/C11H19N5O4/c12-7(3-1-5-15-10(13)14)9(18)20-11(19)16-6-2-4-8(16)17/h7H,1-6,12H2,(H4,13,14,15)/t7-/m0/s1. The molecule has 9 nitrogen and oxygen atoms in total. The van der Waals surface area contributed by atoms with Gasteiger partial charge in [-0.2, -0.15) is 0 Å². The van der Waals surface area contributed by atoms with E-state index >= 15 is 0 Å². The molecule has 6 N–H and O–H groups in total. The van der Waals surface area contributed by atoms with Gasteiger partial charge in [0.05, 0.1) is 0 Å². The van der Waals surface area contributed by atoms with Crippen LogP contribution in [0.3, 0.4) is 0 Å². The summed E-state index contributed by atoms with van der Waals surface area (Å²) in [6.45, 7) is 0.604. The normalized spacial score (nSPS) is 15.8. The number of hydrogen-bond donors (Lipinski definition) is 3. The second kappa shape index (κ2) is 7.43. The van der Waals surface area contributed by atoms with Gasteiger partial charge in [-0.15, -0.1) is 0 Å². The predicted molar refractivity (Wildman–Crippen MR) is 70.3 cm³/mol. The van der Waals surface area contributed by atoms with E-state index in [0.717, 1.165) is 4.90 Å². The lowest BCUT2D eigenvalue weighted by atomic mass is 10.2. The third kappa shape index (κ3) is 4.84. The van der Waals surface area contributed by atoms with Gasteiger partial charge in [-0.05, 0) is 19.3 Å². The van der Waals surface area contributed by atoms with E-state index in [1.54, 1.807) is 0 Å². The van der Waals surface area contributed by atoms with Crippen LogP contribution in [0.4, 0.5) is 4.79 Å². The highest BCUT2D eigenvalue weighted by atomic mass is 16.6. The van der Waals surface area contributed by atoms with Gasteiger partial charge in [-0.3, -0.25) is 9.79 Å². The van der Waals surface area contributed by atoms with Crippen molar-refractivity contribution in [3.63, 3.8) is 0 Å². The van der Waals surface area contributed by atoms with Gasteiger partial charge in [0.15, 0.2) is 5.96 Å². The average molecular weight is 285 g/mol. The summed E-state index contributed by atoms with van der Waals surface area (Å²) in [5.74, 6) is -1.24. The molecule has 112 valence electrons. The number of hydrogen-bond acceptors (Lipinski definition) is 6. The summed E-state index contributed by atoms with van der Waals surface area (Å²) in [5.41, 5.74) is 15.9. The molecule has 1 heterocycles. The lowest BCUT2D eigenvalue weighted by Gasteiger charge is -2.14. The van der Waals surface area contributed by atoms with E-state index in [0.29, 0.717) is 19.4 Å². The fraction of sp³-hybridized carbons (Fsp3) is 0.636. The zero-order valence-corrected chi connectivity index (χ0v) is 11.1. The van der Waals surface area contributed by atoms with E-state index < -0.39 is 18.1 Å². The number of amides is 2. The topological polar surface area (TPSA) is 154 Å². The van der Waals surface area contributed by atoms with Gasteiger partial charge in [0.2, 0.25) is 5.91 Å². The lowest BCUT2D eigenvalue weighted by molar-refractivity contribution is -0.140. The van der Waals surface area contributed by atoms with Crippen LogP contribution in [0.5, 0.6) is 0 Å². The number of nitrogens with two attached hydrogens (primary N) is 3. The first kappa shape index (κ1) is 15.9. The number of guanidine groups is 1. The Kier molecular flexibility index (Phi) is 5.91. The summed E-state index contributed by atoms with van der Waals surface area (Å²) in [5, 5.41) is 0. The molecule has 1 saturated heterocycles. The van der Waals surface area contributed by atoms with E-state index in [4.69, 9.17) is 17.2 Å². The molecule has 0 bridgehead atoms. The van der Waals surface area contributed by atoms with Crippen molar-refractivity contribution in [1.29, 1.82) is 0 Å². The zero-order chi connectivity index (χ0) is 15.1. The molecule has 0 aromatic rings. The van der Waals surface area contributed by atoms with E-state index in [9.17, 15) is 14.4 Å². The molecule has 1 atom stereocenters. The Bertz CT molecular complexity index is 419. The van der Waals surface area contributed by atoms with Crippen LogP contribution in [0.15, 0.2) is 4.99 Å². The van der Waals surface area contributed by atoms with Crippen molar-refractivity contribution in [3.05, 3.63) is 0 Å². The van der Waals surface area contributed by atoms with Crippen LogP contribution in [-0.4, -0.2) is 48.0 Å². The van der Waals surface area contributed by atoms with Crippen LogP contribution < -0.4 is 17.2 Å². The van der Waals surface area contributed by atoms with Gasteiger partial charge in [0.1, 0.15) is 6.04 Å². The second-order valence-corrected chi connectivity index (χ2v) is 4.39. The number of ether oxygens (including phenoxy) is 1. The van der Waals surface area contributed by atoms with Gasteiger partial charge in [0, 0.05) is 19.5 Å². The third-order valence-electron chi connectivity index (χ3n) is 2.75. The highest BCUT2D eigenvalue weighted by molar-refractivity contribution is 5.98. The van der Waals surface area contributed by atoms with Crippen LogP contribution in [0.1, 0.15) is 25.7 Å². The van der Waals surface area contributed by atoms with Crippen molar-refractivity contribution < 1.29 is 19.1 Å². The van der Waals surface area contributed by atoms with E-state index in [1.807, 2.05) is 0 Å². The van der Waals surface area contributed by atoms with Gasteiger partial charge < -0.3 is 21.9 Å². The van der Waals surface area contributed by atoms with Crippen LogP contribution >= 0.6 is 0 Å². The molecule has 9 heteroatoms. The molecule has 20 heavy (non-hydrogen) atoms. The number of nitrogens with zero attached hydrogens (tertiary/aromatic N) is 2. The highest BCUT2D eigenvalue weighted by Gasteiger charge is 2.30. The largest absolute Gasteiger partial charge is 0.424 e. The Labute approximate surface area is 116 Å². The summed E-state index contributed by atoms with van der Waals surface area (Å²) < 4.78 is 4.56. The minimum Gasteiger partial charge on any atom is -0.375 e. The van der Waals surface area contributed by atoms with Crippen LogP contribution in [0, 0.1) is 0 Å². The van der Waals surface area contributed by atoms with Crippen molar-refractivity contribution in [1.82, 2.24) is 4.90 Å². The maximum atomic E-state index is 11.6. The van der Waals surface area contributed by atoms with Crippen molar-refractivity contribution >= 4 is 23.9 Å². The first-order chi connectivity index (χ1) is 9.41. The molecular weight excluding hydrogens is 266 g/mol. The smallest absolute Gasteiger partial charge is 0.375 e. The Morgan fingerprint density at radius 2 is 2.10 bits per heavy atom. The molecule has 0 aromatic heterocycles. The number of esters is 1. The van der Waals surface area contributed by atoms with Gasteiger partial charge in [0.25, 0.3) is 0 Å². The van der Waals surface area contributed by atoms with Crippen LogP contribution in [0.25, 0.3) is 0 Å². The number of likely N-dealkylation sites (tertiary alicyclic amines) is 1. The Morgan fingerprint density at radius 3 is 2.65 bits per heavy atom. The molecular formula is C11H19N5O4. The van der Waals surface area contributed by atoms with Crippen molar-refractivity contribution in [2.24, 2.45) is 22.2 Å². The summed E-state index contributed by atoms with van der Waals surface area (Å²) in [6, 6.07) is -0.953. The third-order valence-corrected chi connectivity index (χ3v) is 2.75. The molecule has 2 amide bonds. The quantitative estimate of drug-likeness (QED) is 0.185.